The maximum Gasteiger partial charge on any atom is 0.237 e. The van der Waals surface area contributed by atoms with Gasteiger partial charge in [-0.3, -0.25) is 4.79 Å². The summed E-state index contributed by atoms with van der Waals surface area (Å²) >= 11 is 3.43. The molecule has 0 bridgehead atoms. The van der Waals surface area contributed by atoms with E-state index in [1.165, 1.54) is 0 Å². The van der Waals surface area contributed by atoms with Gasteiger partial charge in [-0.1, -0.05) is 20.3 Å². The van der Waals surface area contributed by atoms with Crippen molar-refractivity contribution < 1.29 is 14.3 Å². The highest BCUT2D eigenvalue weighted by Crippen LogP contribution is 2.39. The van der Waals surface area contributed by atoms with Crippen LogP contribution in [0, 0.1) is 5.92 Å². The molecule has 0 aromatic heterocycles. The normalized spacial score (nSPS) is 15.0. The fourth-order valence-corrected chi connectivity index (χ4v) is 2.55. The number of ether oxygens (including phenoxy) is 2. The average Bonchev–Trinajstić information content (AvgIpc) is 2.92. The standard InChI is InChI=1S/C14H19BrN2O3.ClH/c1-3-8(2)12(16)14(18)17-6-9-4-10(15)13-11(5-9)19-7-20-13;/h4-5,8,12H,3,6-7,16H2,1-2H3,(H,17,18);1H. The second-order valence-corrected chi connectivity index (χ2v) is 5.79. The minimum absolute atomic E-state index is 0. The van der Waals surface area contributed by atoms with Crippen LogP contribution in [0.5, 0.6) is 11.5 Å². The van der Waals surface area contributed by atoms with E-state index in [4.69, 9.17) is 15.2 Å². The van der Waals surface area contributed by atoms with Crippen molar-refractivity contribution >= 4 is 34.2 Å². The van der Waals surface area contributed by atoms with Crippen molar-refractivity contribution in [2.75, 3.05) is 6.79 Å². The molecule has 1 amide bonds. The Balaban J connectivity index is 0.00000220. The van der Waals surface area contributed by atoms with Gasteiger partial charge in [0.1, 0.15) is 0 Å². The molecule has 0 spiro atoms. The molecule has 1 heterocycles. The number of hydrogen-bond donors (Lipinski definition) is 2. The van der Waals surface area contributed by atoms with Gasteiger partial charge in [0, 0.05) is 6.54 Å². The Bertz CT molecular complexity index is 513. The van der Waals surface area contributed by atoms with Gasteiger partial charge < -0.3 is 20.5 Å². The van der Waals surface area contributed by atoms with Gasteiger partial charge in [-0.2, -0.15) is 0 Å². The van der Waals surface area contributed by atoms with E-state index in [0.29, 0.717) is 18.0 Å². The quantitative estimate of drug-likeness (QED) is 0.825. The first-order valence-corrected chi connectivity index (χ1v) is 7.43. The number of nitrogens with two attached hydrogens (primary N) is 1. The molecule has 1 aromatic rings. The van der Waals surface area contributed by atoms with E-state index in [-0.39, 0.29) is 31.0 Å². The average molecular weight is 380 g/mol. The molecule has 7 heteroatoms. The summed E-state index contributed by atoms with van der Waals surface area (Å²) < 4.78 is 11.5. The van der Waals surface area contributed by atoms with Crippen molar-refractivity contribution in [1.82, 2.24) is 5.32 Å². The van der Waals surface area contributed by atoms with Crippen LogP contribution < -0.4 is 20.5 Å². The Morgan fingerprint density at radius 1 is 1.48 bits per heavy atom. The summed E-state index contributed by atoms with van der Waals surface area (Å²) in [4.78, 5) is 11.9. The molecule has 21 heavy (non-hydrogen) atoms. The number of halogens is 2. The zero-order chi connectivity index (χ0) is 14.7. The van der Waals surface area contributed by atoms with Gasteiger partial charge >= 0.3 is 0 Å². The largest absolute Gasteiger partial charge is 0.454 e. The molecule has 0 radical (unpaired) electrons. The summed E-state index contributed by atoms with van der Waals surface area (Å²) in [6.45, 7) is 4.63. The topological polar surface area (TPSA) is 73.6 Å². The van der Waals surface area contributed by atoms with Crippen molar-refractivity contribution in [3.8, 4) is 11.5 Å². The maximum atomic E-state index is 11.9. The second kappa shape index (κ2) is 7.87. The molecule has 1 aromatic carbocycles. The van der Waals surface area contributed by atoms with Crippen LogP contribution in [0.4, 0.5) is 0 Å². The Labute approximate surface area is 139 Å². The monoisotopic (exact) mass is 378 g/mol. The molecular formula is C14H20BrClN2O3. The van der Waals surface area contributed by atoms with E-state index in [0.717, 1.165) is 16.5 Å². The summed E-state index contributed by atoms with van der Waals surface area (Å²) in [5, 5.41) is 2.85. The second-order valence-electron chi connectivity index (χ2n) is 4.94. The Morgan fingerprint density at radius 3 is 2.86 bits per heavy atom. The van der Waals surface area contributed by atoms with Gasteiger partial charge in [0.05, 0.1) is 10.5 Å². The summed E-state index contributed by atoms with van der Waals surface area (Å²) in [5.41, 5.74) is 6.83. The van der Waals surface area contributed by atoms with E-state index in [9.17, 15) is 4.79 Å². The zero-order valence-corrected chi connectivity index (χ0v) is 14.4. The summed E-state index contributed by atoms with van der Waals surface area (Å²) in [6, 6.07) is 3.29. The third-order valence-electron chi connectivity index (χ3n) is 3.51. The molecule has 0 saturated heterocycles. The first-order chi connectivity index (χ1) is 9.52. The van der Waals surface area contributed by atoms with E-state index in [1.54, 1.807) is 0 Å². The molecule has 118 valence electrons. The third-order valence-corrected chi connectivity index (χ3v) is 4.10. The highest BCUT2D eigenvalue weighted by molar-refractivity contribution is 9.10. The number of nitrogens with one attached hydrogen (secondary N) is 1. The van der Waals surface area contributed by atoms with Crippen LogP contribution in [-0.4, -0.2) is 18.7 Å². The molecule has 5 nitrogen and oxygen atoms in total. The van der Waals surface area contributed by atoms with Crippen LogP contribution in [0.15, 0.2) is 16.6 Å². The minimum Gasteiger partial charge on any atom is -0.454 e. The van der Waals surface area contributed by atoms with E-state index < -0.39 is 6.04 Å². The lowest BCUT2D eigenvalue weighted by molar-refractivity contribution is -0.123. The summed E-state index contributed by atoms with van der Waals surface area (Å²) in [6.07, 6.45) is 0.879. The molecule has 0 saturated carbocycles. The first kappa shape index (κ1) is 18.1. The van der Waals surface area contributed by atoms with E-state index in [2.05, 4.69) is 21.2 Å². The fourth-order valence-electron chi connectivity index (χ4n) is 1.94. The van der Waals surface area contributed by atoms with Crippen LogP contribution in [0.2, 0.25) is 0 Å². The number of amides is 1. The smallest absolute Gasteiger partial charge is 0.237 e. The summed E-state index contributed by atoms with van der Waals surface area (Å²) in [5.74, 6) is 1.43. The van der Waals surface area contributed by atoms with Crippen molar-refractivity contribution in [3.05, 3.63) is 22.2 Å². The molecule has 2 rings (SSSR count). The molecule has 0 aliphatic carbocycles. The maximum absolute atomic E-state index is 11.9. The van der Waals surface area contributed by atoms with Crippen molar-refractivity contribution in [1.29, 1.82) is 0 Å². The van der Waals surface area contributed by atoms with Gasteiger partial charge in [0.25, 0.3) is 0 Å². The van der Waals surface area contributed by atoms with Crippen molar-refractivity contribution in [2.45, 2.75) is 32.9 Å². The van der Waals surface area contributed by atoms with Crippen molar-refractivity contribution in [3.63, 3.8) is 0 Å². The van der Waals surface area contributed by atoms with Crippen LogP contribution >= 0.6 is 28.3 Å². The number of benzene rings is 1. The van der Waals surface area contributed by atoms with E-state index >= 15 is 0 Å². The molecule has 2 atom stereocenters. The van der Waals surface area contributed by atoms with Gasteiger partial charge in [-0.15, -0.1) is 12.4 Å². The number of rotatable bonds is 5. The Hall–Kier alpha value is -0.980. The molecular weight excluding hydrogens is 360 g/mol. The van der Waals surface area contributed by atoms with Crippen molar-refractivity contribution in [2.24, 2.45) is 11.7 Å². The predicted molar refractivity (Wildman–Crippen MR) is 86.8 cm³/mol. The molecule has 2 unspecified atom stereocenters. The predicted octanol–water partition coefficient (Wildman–Crippen LogP) is 2.59. The van der Waals surface area contributed by atoms with Crippen LogP contribution in [0.1, 0.15) is 25.8 Å². The lowest BCUT2D eigenvalue weighted by atomic mass is 9.99. The third kappa shape index (κ3) is 4.25. The highest BCUT2D eigenvalue weighted by Gasteiger charge is 2.20. The molecule has 1 aliphatic rings. The van der Waals surface area contributed by atoms with Crippen LogP contribution in [0.3, 0.4) is 0 Å². The number of carbonyl (C=O) groups is 1. The van der Waals surface area contributed by atoms with Gasteiger partial charge in [-0.05, 0) is 39.5 Å². The lowest BCUT2D eigenvalue weighted by Crippen LogP contribution is -2.44. The SMILES string of the molecule is CCC(C)C(N)C(=O)NCc1cc(Br)c2c(c1)OCO2.Cl. The van der Waals surface area contributed by atoms with Crippen LogP contribution in [0.25, 0.3) is 0 Å². The number of fused-ring (bicyclic) bond motifs is 1. The number of carbonyl (C=O) groups excluding carboxylic acids is 1. The van der Waals surface area contributed by atoms with E-state index in [1.807, 2.05) is 26.0 Å². The summed E-state index contributed by atoms with van der Waals surface area (Å²) in [7, 11) is 0. The van der Waals surface area contributed by atoms with Gasteiger partial charge in [0.2, 0.25) is 12.7 Å². The highest BCUT2D eigenvalue weighted by atomic mass is 79.9. The first-order valence-electron chi connectivity index (χ1n) is 6.64. The molecule has 1 aliphatic heterocycles. The van der Waals surface area contributed by atoms with Gasteiger partial charge in [0.15, 0.2) is 11.5 Å². The minimum atomic E-state index is -0.475. The fraction of sp³-hybridized carbons (Fsp3) is 0.500. The Morgan fingerprint density at radius 2 is 2.19 bits per heavy atom. The van der Waals surface area contributed by atoms with Crippen LogP contribution in [-0.2, 0) is 11.3 Å². The number of hydrogen-bond acceptors (Lipinski definition) is 4. The van der Waals surface area contributed by atoms with Gasteiger partial charge in [-0.25, -0.2) is 0 Å². The molecule has 0 fully saturated rings. The Kier molecular flexibility index (Phi) is 6.77. The molecule has 3 N–H and O–H groups in total. The lowest BCUT2D eigenvalue weighted by Gasteiger charge is -2.17. The zero-order valence-electron chi connectivity index (χ0n) is 12.0.